The van der Waals surface area contributed by atoms with Crippen LogP contribution >= 0.6 is 0 Å². The van der Waals surface area contributed by atoms with Gasteiger partial charge in [-0.3, -0.25) is 14.3 Å². The van der Waals surface area contributed by atoms with Crippen LogP contribution in [0.25, 0.3) is 0 Å². The molecule has 1 aromatic carbocycles. The van der Waals surface area contributed by atoms with E-state index in [1.54, 1.807) is 26.4 Å². The van der Waals surface area contributed by atoms with Crippen LogP contribution in [0.2, 0.25) is 0 Å². The summed E-state index contributed by atoms with van der Waals surface area (Å²) in [7, 11) is 3.15. The molecule has 0 saturated heterocycles. The van der Waals surface area contributed by atoms with Crippen molar-refractivity contribution in [1.82, 2.24) is 15.0 Å². The molecule has 1 aliphatic rings. The molecule has 150 valence electrons. The molecule has 0 amide bonds. The molecule has 2 aromatic rings. The number of aromatic nitrogens is 2. The summed E-state index contributed by atoms with van der Waals surface area (Å²) in [4.78, 5) is 26.7. The molecule has 0 fully saturated rings. The summed E-state index contributed by atoms with van der Waals surface area (Å²) in [5, 5.41) is 14.8. The van der Waals surface area contributed by atoms with E-state index in [4.69, 9.17) is 9.47 Å². The summed E-state index contributed by atoms with van der Waals surface area (Å²) in [6, 6.07) is 5.15. The average molecular weight is 388 g/mol. The molecule has 9 nitrogen and oxygen atoms in total. The Balaban J connectivity index is 1.95. The Morgan fingerprint density at radius 2 is 2.07 bits per heavy atom. The molecule has 0 radical (unpaired) electrons. The number of aromatic amines is 1. The van der Waals surface area contributed by atoms with Crippen LogP contribution < -0.4 is 26.1 Å². The van der Waals surface area contributed by atoms with E-state index >= 15 is 0 Å². The van der Waals surface area contributed by atoms with E-state index in [0.717, 1.165) is 12.0 Å². The van der Waals surface area contributed by atoms with Gasteiger partial charge in [0.25, 0.3) is 5.56 Å². The van der Waals surface area contributed by atoms with Crippen LogP contribution in [0.1, 0.15) is 43.4 Å². The third kappa shape index (κ3) is 3.60. The first-order valence-electron chi connectivity index (χ1n) is 9.10. The number of unbranched alkanes of at least 4 members (excludes halogenated alkanes) is 1. The molecule has 0 spiro atoms. The lowest BCUT2D eigenvalue weighted by Gasteiger charge is -2.16. The van der Waals surface area contributed by atoms with E-state index < -0.39 is 11.2 Å². The van der Waals surface area contributed by atoms with Crippen LogP contribution in [0.3, 0.4) is 0 Å². The molecule has 1 aliphatic heterocycles. The highest BCUT2D eigenvalue weighted by Crippen LogP contribution is 2.34. The van der Waals surface area contributed by atoms with Crippen molar-refractivity contribution < 1.29 is 14.6 Å². The molecule has 2 heterocycles. The van der Waals surface area contributed by atoms with E-state index in [-0.39, 0.29) is 17.5 Å². The van der Waals surface area contributed by atoms with Gasteiger partial charge in [0.05, 0.1) is 26.0 Å². The number of ether oxygens (including phenoxy) is 2. The second kappa shape index (κ2) is 8.20. The van der Waals surface area contributed by atoms with E-state index in [9.17, 15) is 14.7 Å². The Labute approximate surface area is 161 Å². The molecule has 0 unspecified atom stereocenters. The number of benzene rings is 1. The maximum Gasteiger partial charge on any atom is 0.331 e. The van der Waals surface area contributed by atoms with Gasteiger partial charge in [0, 0.05) is 18.5 Å². The number of nitrogens with one attached hydrogen (secondary N) is 2. The zero-order valence-corrected chi connectivity index (χ0v) is 16.1. The van der Waals surface area contributed by atoms with Crippen molar-refractivity contribution in [2.75, 3.05) is 14.2 Å². The molecule has 1 atom stereocenters. The quantitative estimate of drug-likeness (QED) is 0.662. The van der Waals surface area contributed by atoms with Crippen molar-refractivity contribution in [3.05, 3.63) is 50.2 Å². The second-order valence-corrected chi connectivity index (χ2v) is 6.52. The van der Waals surface area contributed by atoms with Gasteiger partial charge < -0.3 is 20.0 Å². The largest absolute Gasteiger partial charge is 0.497 e. The summed E-state index contributed by atoms with van der Waals surface area (Å²) < 4.78 is 11.9. The zero-order valence-electron chi connectivity index (χ0n) is 16.1. The lowest BCUT2D eigenvalue weighted by Crippen LogP contribution is -2.33. The topological polar surface area (TPSA) is 118 Å². The molecule has 1 aromatic heterocycles. The van der Waals surface area contributed by atoms with Gasteiger partial charge in [0.1, 0.15) is 17.1 Å². The maximum absolute atomic E-state index is 12.4. The molecule has 9 heteroatoms. The Hall–Kier alpha value is -3.23. The molecule has 0 saturated carbocycles. The third-order valence-electron chi connectivity index (χ3n) is 4.76. The minimum atomic E-state index is -0.658. The van der Waals surface area contributed by atoms with Crippen molar-refractivity contribution in [3.63, 3.8) is 0 Å². The van der Waals surface area contributed by atoms with Gasteiger partial charge in [-0.15, -0.1) is 0 Å². The Morgan fingerprint density at radius 1 is 1.29 bits per heavy atom. The molecule has 3 N–H and O–H groups in total. The smallest absolute Gasteiger partial charge is 0.331 e. The number of aromatic hydroxyl groups is 1. The van der Waals surface area contributed by atoms with Gasteiger partial charge in [0.2, 0.25) is 5.88 Å². The number of nitrogens with zero attached hydrogens (tertiary/aromatic N) is 2. The SMILES string of the molecule is CCCCn1c(O)c(C2=NN[C@@H](c3cc(OC)ccc3OC)C2)c(=O)[nH]c1=O. The van der Waals surface area contributed by atoms with Crippen LogP contribution in [-0.2, 0) is 6.54 Å². The molecule has 3 rings (SSSR count). The number of hydrogen-bond acceptors (Lipinski definition) is 7. The van der Waals surface area contributed by atoms with Crippen LogP contribution in [-0.4, -0.2) is 34.6 Å². The van der Waals surface area contributed by atoms with E-state index in [0.29, 0.717) is 36.6 Å². The van der Waals surface area contributed by atoms with Gasteiger partial charge >= 0.3 is 5.69 Å². The fourth-order valence-electron chi connectivity index (χ4n) is 3.23. The van der Waals surface area contributed by atoms with Crippen molar-refractivity contribution in [2.45, 2.75) is 38.8 Å². The minimum Gasteiger partial charge on any atom is -0.497 e. The number of rotatable bonds is 7. The van der Waals surface area contributed by atoms with Crippen molar-refractivity contribution >= 4 is 5.71 Å². The van der Waals surface area contributed by atoms with Gasteiger partial charge in [-0.05, 0) is 24.6 Å². The standard InChI is InChI=1S/C19H24N4O5/c1-4-5-8-23-18(25)16(17(24)20-19(23)26)14-10-13(21-22-14)12-9-11(27-2)6-7-15(12)28-3/h6-7,9,13,21,25H,4-5,8,10H2,1-3H3,(H,20,24,26)/t13-/m1/s1. The first-order chi connectivity index (χ1) is 13.5. The second-order valence-electron chi connectivity index (χ2n) is 6.52. The Bertz CT molecular complexity index is 1010. The van der Waals surface area contributed by atoms with Crippen LogP contribution in [0.15, 0.2) is 32.9 Å². The Morgan fingerprint density at radius 3 is 2.75 bits per heavy atom. The van der Waals surface area contributed by atoms with Crippen molar-refractivity contribution in [1.29, 1.82) is 0 Å². The van der Waals surface area contributed by atoms with E-state index in [2.05, 4.69) is 15.5 Å². The summed E-state index contributed by atoms with van der Waals surface area (Å²) in [6.07, 6.45) is 1.89. The predicted molar refractivity (Wildman–Crippen MR) is 104 cm³/mol. The van der Waals surface area contributed by atoms with Gasteiger partial charge in [-0.2, -0.15) is 5.10 Å². The number of H-pyrrole nitrogens is 1. The molecular weight excluding hydrogens is 364 g/mol. The summed E-state index contributed by atoms with van der Waals surface area (Å²) in [6.45, 7) is 2.30. The predicted octanol–water partition coefficient (Wildman–Crippen LogP) is 1.50. The van der Waals surface area contributed by atoms with Crippen LogP contribution in [0.5, 0.6) is 17.4 Å². The van der Waals surface area contributed by atoms with Crippen LogP contribution in [0, 0.1) is 0 Å². The van der Waals surface area contributed by atoms with Gasteiger partial charge in [0.15, 0.2) is 0 Å². The minimum absolute atomic E-state index is 0.00701. The highest BCUT2D eigenvalue weighted by atomic mass is 16.5. The maximum atomic E-state index is 12.4. The highest BCUT2D eigenvalue weighted by Gasteiger charge is 2.29. The van der Waals surface area contributed by atoms with Crippen LogP contribution in [0.4, 0.5) is 0 Å². The molecule has 28 heavy (non-hydrogen) atoms. The summed E-state index contributed by atoms with van der Waals surface area (Å²) in [5.74, 6) is 0.960. The van der Waals surface area contributed by atoms with E-state index in [1.165, 1.54) is 4.57 Å². The fourth-order valence-corrected chi connectivity index (χ4v) is 3.23. The summed E-state index contributed by atoms with van der Waals surface area (Å²) >= 11 is 0. The van der Waals surface area contributed by atoms with Crippen molar-refractivity contribution in [2.24, 2.45) is 5.10 Å². The van der Waals surface area contributed by atoms with Gasteiger partial charge in [-0.25, -0.2) is 4.79 Å². The lowest BCUT2D eigenvalue weighted by atomic mass is 9.99. The Kier molecular flexibility index (Phi) is 5.72. The molecule has 0 aliphatic carbocycles. The lowest BCUT2D eigenvalue weighted by molar-refractivity contribution is 0.392. The first-order valence-corrected chi connectivity index (χ1v) is 9.10. The molecule has 0 bridgehead atoms. The third-order valence-corrected chi connectivity index (χ3v) is 4.76. The average Bonchev–Trinajstić information content (AvgIpc) is 3.16. The highest BCUT2D eigenvalue weighted by molar-refractivity contribution is 6.03. The van der Waals surface area contributed by atoms with Gasteiger partial charge in [-0.1, -0.05) is 13.3 Å². The summed E-state index contributed by atoms with van der Waals surface area (Å²) in [5.41, 5.74) is 2.89. The first kappa shape index (κ1) is 19.5. The number of methoxy groups -OCH3 is 2. The fraction of sp³-hybridized carbons (Fsp3) is 0.421. The van der Waals surface area contributed by atoms with Crippen molar-refractivity contribution in [3.8, 4) is 17.4 Å². The van der Waals surface area contributed by atoms with E-state index in [1.807, 2.05) is 13.0 Å². The monoisotopic (exact) mass is 388 g/mol. The number of hydrogen-bond donors (Lipinski definition) is 3. The normalized spacial score (nSPS) is 15.8. The zero-order chi connectivity index (χ0) is 20.3. The number of hydrazone groups is 1. The molecular formula is C19H24N4O5.